The molecule has 1 atom stereocenters. The average Bonchev–Trinajstić information content (AvgIpc) is 2.43. The SMILES string of the molecule is Cc1ccc(C2CNC(=O)CCN2)c(C)c1. The Morgan fingerprint density at radius 1 is 1.31 bits per heavy atom. The maximum absolute atomic E-state index is 11.2. The molecule has 2 N–H and O–H groups in total. The predicted molar refractivity (Wildman–Crippen MR) is 64.3 cm³/mol. The van der Waals surface area contributed by atoms with Gasteiger partial charge in [0.15, 0.2) is 0 Å². The molecule has 3 heteroatoms. The fraction of sp³-hybridized carbons (Fsp3) is 0.462. The zero-order chi connectivity index (χ0) is 11.5. The first-order chi connectivity index (χ1) is 7.66. The lowest BCUT2D eigenvalue weighted by molar-refractivity contribution is -0.120. The molecule has 0 saturated carbocycles. The molecule has 86 valence electrons. The van der Waals surface area contributed by atoms with Crippen LogP contribution in [0.15, 0.2) is 18.2 Å². The summed E-state index contributed by atoms with van der Waals surface area (Å²) >= 11 is 0. The van der Waals surface area contributed by atoms with Gasteiger partial charge < -0.3 is 10.6 Å². The molecule has 1 fully saturated rings. The zero-order valence-electron chi connectivity index (χ0n) is 9.84. The maximum atomic E-state index is 11.2. The van der Waals surface area contributed by atoms with E-state index in [1.54, 1.807) is 0 Å². The van der Waals surface area contributed by atoms with Crippen LogP contribution in [0.4, 0.5) is 0 Å². The van der Waals surface area contributed by atoms with Crippen LogP contribution < -0.4 is 10.6 Å². The third kappa shape index (κ3) is 2.42. The van der Waals surface area contributed by atoms with Gasteiger partial charge in [-0.2, -0.15) is 0 Å². The number of benzene rings is 1. The monoisotopic (exact) mass is 218 g/mol. The van der Waals surface area contributed by atoms with Crippen LogP contribution in [0.3, 0.4) is 0 Å². The summed E-state index contributed by atoms with van der Waals surface area (Å²) in [5.41, 5.74) is 3.85. The van der Waals surface area contributed by atoms with Crippen LogP contribution in [0.2, 0.25) is 0 Å². The summed E-state index contributed by atoms with van der Waals surface area (Å²) in [6.45, 7) is 5.66. The minimum Gasteiger partial charge on any atom is -0.354 e. The van der Waals surface area contributed by atoms with Gasteiger partial charge in [0.2, 0.25) is 5.91 Å². The van der Waals surface area contributed by atoms with Crippen molar-refractivity contribution in [2.45, 2.75) is 26.3 Å². The Bertz CT molecular complexity index is 401. The summed E-state index contributed by atoms with van der Waals surface area (Å²) in [6, 6.07) is 6.70. The Labute approximate surface area is 96.2 Å². The number of hydrogen-bond acceptors (Lipinski definition) is 2. The normalized spacial score (nSPS) is 21.4. The summed E-state index contributed by atoms with van der Waals surface area (Å²) in [7, 11) is 0. The van der Waals surface area contributed by atoms with Crippen molar-refractivity contribution in [2.24, 2.45) is 0 Å². The lowest BCUT2D eigenvalue weighted by atomic mass is 9.99. The molecule has 1 saturated heterocycles. The predicted octanol–water partition coefficient (Wildman–Crippen LogP) is 1.45. The van der Waals surface area contributed by atoms with E-state index >= 15 is 0 Å². The molecule has 0 spiro atoms. The van der Waals surface area contributed by atoms with Crippen LogP contribution in [0.5, 0.6) is 0 Å². The van der Waals surface area contributed by atoms with Gasteiger partial charge in [-0.05, 0) is 25.0 Å². The minimum atomic E-state index is 0.139. The highest BCUT2D eigenvalue weighted by molar-refractivity contribution is 5.76. The van der Waals surface area contributed by atoms with E-state index < -0.39 is 0 Å². The van der Waals surface area contributed by atoms with Gasteiger partial charge in [0, 0.05) is 25.6 Å². The molecule has 1 amide bonds. The van der Waals surface area contributed by atoms with Crippen molar-refractivity contribution < 1.29 is 4.79 Å². The number of carbonyl (C=O) groups excluding carboxylic acids is 1. The first kappa shape index (κ1) is 11.1. The van der Waals surface area contributed by atoms with Gasteiger partial charge in [0.25, 0.3) is 0 Å². The van der Waals surface area contributed by atoms with Gasteiger partial charge in [-0.15, -0.1) is 0 Å². The lowest BCUT2D eigenvalue weighted by Gasteiger charge is -2.18. The van der Waals surface area contributed by atoms with Crippen molar-refractivity contribution in [3.8, 4) is 0 Å². The van der Waals surface area contributed by atoms with Crippen molar-refractivity contribution in [1.82, 2.24) is 10.6 Å². The van der Waals surface area contributed by atoms with Crippen LogP contribution in [0, 0.1) is 13.8 Å². The van der Waals surface area contributed by atoms with Crippen molar-refractivity contribution in [2.75, 3.05) is 13.1 Å². The molecule has 1 aromatic rings. The Balaban J connectivity index is 2.19. The van der Waals surface area contributed by atoms with Gasteiger partial charge in [0.1, 0.15) is 0 Å². The van der Waals surface area contributed by atoms with E-state index in [9.17, 15) is 4.79 Å². The van der Waals surface area contributed by atoms with E-state index in [2.05, 4.69) is 42.7 Å². The van der Waals surface area contributed by atoms with Crippen LogP contribution in [-0.2, 0) is 4.79 Å². The Morgan fingerprint density at radius 3 is 2.88 bits per heavy atom. The third-order valence-corrected chi connectivity index (χ3v) is 3.05. The van der Waals surface area contributed by atoms with Crippen LogP contribution >= 0.6 is 0 Å². The largest absolute Gasteiger partial charge is 0.354 e. The highest BCUT2D eigenvalue weighted by Crippen LogP contribution is 2.19. The van der Waals surface area contributed by atoms with E-state index in [-0.39, 0.29) is 11.9 Å². The van der Waals surface area contributed by atoms with Crippen molar-refractivity contribution >= 4 is 5.91 Å². The van der Waals surface area contributed by atoms with Gasteiger partial charge in [-0.3, -0.25) is 4.79 Å². The first-order valence-corrected chi connectivity index (χ1v) is 5.74. The summed E-state index contributed by atoms with van der Waals surface area (Å²) in [6.07, 6.45) is 0.571. The summed E-state index contributed by atoms with van der Waals surface area (Å²) in [4.78, 5) is 11.2. The summed E-state index contributed by atoms with van der Waals surface area (Å²) < 4.78 is 0. The van der Waals surface area contributed by atoms with Crippen LogP contribution in [0.25, 0.3) is 0 Å². The highest BCUT2D eigenvalue weighted by Gasteiger charge is 2.17. The minimum absolute atomic E-state index is 0.139. The summed E-state index contributed by atoms with van der Waals surface area (Å²) in [5, 5.41) is 6.34. The quantitative estimate of drug-likeness (QED) is 0.749. The molecule has 0 radical (unpaired) electrons. The molecule has 1 aliphatic rings. The van der Waals surface area contributed by atoms with Gasteiger partial charge in [-0.25, -0.2) is 0 Å². The van der Waals surface area contributed by atoms with E-state index in [1.165, 1.54) is 16.7 Å². The molecule has 2 rings (SSSR count). The fourth-order valence-corrected chi connectivity index (χ4v) is 2.17. The Hall–Kier alpha value is -1.35. The molecule has 1 unspecified atom stereocenters. The number of nitrogens with one attached hydrogen (secondary N) is 2. The molecule has 0 bridgehead atoms. The zero-order valence-corrected chi connectivity index (χ0v) is 9.84. The second-order valence-corrected chi connectivity index (χ2v) is 4.42. The van der Waals surface area contributed by atoms with E-state index in [0.717, 1.165) is 6.54 Å². The lowest BCUT2D eigenvalue weighted by Crippen LogP contribution is -2.29. The van der Waals surface area contributed by atoms with Gasteiger partial charge >= 0.3 is 0 Å². The smallest absolute Gasteiger partial charge is 0.221 e. The molecule has 0 aliphatic carbocycles. The Morgan fingerprint density at radius 2 is 2.12 bits per heavy atom. The van der Waals surface area contributed by atoms with Crippen molar-refractivity contribution in [3.05, 3.63) is 34.9 Å². The number of amides is 1. The second kappa shape index (κ2) is 4.66. The number of rotatable bonds is 1. The van der Waals surface area contributed by atoms with E-state index in [1.807, 2.05) is 0 Å². The molecular formula is C13H18N2O. The molecule has 1 heterocycles. The second-order valence-electron chi connectivity index (χ2n) is 4.42. The molecule has 3 nitrogen and oxygen atoms in total. The third-order valence-electron chi connectivity index (χ3n) is 3.05. The van der Waals surface area contributed by atoms with Gasteiger partial charge in [-0.1, -0.05) is 23.8 Å². The molecular weight excluding hydrogens is 200 g/mol. The van der Waals surface area contributed by atoms with Crippen molar-refractivity contribution in [1.29, 1.82) is 0 Å². The molecule has 1 aliphatic heterocycles. The van der Waals surface area contributed by atoms with E-state index in [0.29, 0.717) is 13.0 Å². The molecule has 16 heavy (non-hydrogen) atoms. The van der Waals surface area contributed by atoms with Crippen molar-refractivity contribution in [3.63, 3.8) is 0 Å². The van der Waals surface area contributed by atoms with Crippen LogP contribution in [0.1, 0.15) is 29.2 Å². The van der Waals surface area contributed by atoms with Crippen LogP contribution in [-0.4, -0.2) is 19.0 Å². The van der Waals surface area contributed by atoms with Gasteiger partial charge in [0.05, 0.1) is 0 Å². The Kier molecular flexibility index (Phi) is 3.25. The molecule has 0 aromatic heterocycles. The average molecular weight is 218 g/mol. The summed E-state index contributed by atoms with van der Waals surface area (Å²) in [5.74, 6) is 0.139. The number of carbonyl (C=O) groups is 1. The maximum Gasteiger partial charge on any atom is 0.221 e. The number of aryl methyl sites for hydroxylation is 2. The first-order valence-electron chi connectivity index (χ1n) is 5.74. The topological polar surface area (TPSA) is 41.1 Å². The fourth-order valence-electron chi connectivity index (χ4n) is 2.17. The molecule has 1 aromatic carbocycles. The highest BCUT2D eigenvalue weighted by atomic mass is 16.1. The standard InChI is InChI=1S/C13H18N2O/c1-9-3-4-11(10(2)7-9)12-8-15-13(16)5-6-14-12/h3-4,7,12,14H,5-6,8H2,1-2H3,(H,15,16). The van der Waals surface area contributed by atoms with E-state index in [4.69, 9.17) is 0 Å². The number of hydrogen-bond donors (Lipinski definition) is 2.